The van der Waals surface area contributed by atoms with Crippen LogP contribution >= 0.6 is 12.4 Å². The number of hydrogen-bond acceptors (Lipinski definition) is 5. The average molecular weight is 375 g/mol. The van der Waals surface area contributed by atoms with Crippen LogP contribution in [0.2, 0.25) is 0 Å². The van der Waals surface area contributed by atoms with Crippen molar-refractivity contribution in [3.63, 3.8) is 0 Å². The van der Waals surface area contributed by atoms with Gasteiger partial charge in [0.25, 0.3) is 0 Å². The summed E-state index contributed by atoms with van der Waals surface area (Å²) in [6, 6.07) is 6.24. The Morgan fingerprint density at radius 1 is 1.29 bits per heavy atom. The third-order valence-electron chi connectivity index (χ3n) is 4.87. The first-order chi connectivity index (χ1) is 11.0. The van der Waals surface area contributed by atoms with E-state index in [-0.39, 0.29) is 28.3 Å². The fraction of sp³-hybridized carbons (Fsp3) is 0.562. The molecule has 24 heavy (non-hydrogen) atoms. The quantitative estimate of drug-likeness (QED) is 0.814. The second-order valence-corrected chi connectivity index (χ2v) is 8.26. The number of methoxy groups -OCH3 is 1. The number of rotatable bonds is 3. The number of piperidine rings is 1. The van der Waals surface area contributed by atoms with Crippen LogP contribution in [0, 0.1) is 5.41 Å². The number of nitrogens with one attached hydrogen (secondary N) is 1. The van der Waals surface area contributed by atoms with E-state index in [1.807, 2.05) is 0 Å². The van der Waals surface area contributed by atoms with Crippen molar-refractivity contribution in [3.05, 3.63) is 29.8 Å². The van der Waals surface area contributed by atoms with E-state index in [4.69, 9.17) is 4.74 Å². The SMILES string of the molecule is COC(=O)c1ccccc1S(=O)(=O)N1CCC2(CCCNC2)C1.Cl. The molecule has 0 bridgehead atoms. The number of sulfonamides is 1. The Morgan fingerprint density at radius 3 is 2.71 bits per heavy atom. The summed E-state index contributed by atoms with van der Waals surface area (Å²) in [4.78, 5) is 11.9. The molecular weight excluding hydrogens is 352 g/mol. The fourth-order valence-electron chi connectivity index (χ4n) is 3.59. The van der Waals surface area contributed by atoms with Crippen molar-refractivity contribution >= 4 is 28.4 Å². The molecule has 1 aromatic carbocycles. The molecule has 1 unspecified atom stereocenters. The third-order valence-corrected chi connectivity index (χ3v) is 6.78. The van der Waals surface area contributed by atoms with Gasteiger partial charge < -0.3 is 10.1 Å². The van der Waals surface area contributed by atoms with Gasteiger partial charge in [0.2, 0.25) is 10.0 Å². The van der Waals surface area contributed by atoms with Gasteiger partial charge >= 0.3 is 5.97 Å². The van der Waals surface area contributed by atoms with Crippen LogP contribution in [0.5, 0.6) is 0 Å². The molecule has 0 aromatic heterocycles. The zero-order chi connectivity index (χ0) is 16.5. The number of nitrogens with zero attached hydrogens (tertiary/aromatic N) is 1. The maximum absolute atomic E-state index is 13.0. The summed E-state index contributed by atoms with van der Waals surface area (Å²) in [7, 11) is -2.44. The molecule has 6 nitrogen and oxygen atoms in total. The predicted octanol–water partition coefficient (Wildman–Crippen LogP) is 1.66. The Bertz CT molecular complexity index is 702. The van der Waals surface area contributed by atoms with Gasteiger partial charge in [-0.05, 0) is 43.4 Å². The summed E-state index contributed by atoms with van der Waals surface area (Å²) in [5.74, 6) is -0.627. The van der Waals surface area contributed by atoms with E-state index in [0.717, 1.165) is 32.4 Å². The van der Waals surface area contributed by atoms with Gasteiger partial charge in [-0.15, -0.1) is 12.4 Å². The Morgan fingerprint density at radius 2 is 2.04 bits per heavy atom. The van der Waals surface area contributed by atoms with Crippen molar-refractivity contribution < 1.29 is 17.9 Å². The average Bonchev–Trinajstić information content (AvgIpc) is 2.99. The first-order valence-electron chi connectivity index (χ1n) is 7.87. The topological polar surface area (TPSA) is 75.7 Å². The number of benzene rings is 1. The number of ether oxygens (including phenoxy) is 1. The largest absolute Gasteiger partial charge is 0.465 e. The predicted molar refractivity (Wildman–Crippen MR) is 92.9 cm³/mol. The second kappa shape index (κ2) is 7.39. The maximum atomic E-state index is 13.0. The molecule has 8 heteroatoms. The molecule has 2 aliphatic heterocycles. The summed E-state index contributed by atoms with van der Waals surface area (Å²) >= 11 is 0. The van der Waals surface area contributed by atoms with Crippen LogP contribution in [0.25, 0.3) is 0 Å². The van der Waals surface area contributed by atoms with Crippen LogP contribution in [0.4, 0.5) is 0 Å². The van der Waals surface area contributed by atoms with Gasteiger partial charge in [-0.3, -0.25) is 0 Å². The van der Waals surface area contributed by atoms with E-state index in [2.05, 4.69) is 5.32 Å². The lowest BCUT2D eigenvalue weighted by Crippen LogP contribution is -2.42. The summed E-state index contributed by atoms with van der Waals surface area (Å²) in [5, 5.41) is 3.37. The standard InChI is InChI=1S/C16H22N2O4S.ClH/c1-22-15(19)13-5-2-3-6-14(13)23(20,21)18-10-8-16(12-18)7-4-9-17-11-16;/h2-3,5-6,17H,4,7-12H2,1H3;1H. The highest BCUT2D eigenvalue weighted by atomic mass is 35.5. The molecular formula is C16H23ClN2O4S. The third kappa shape index (κ3) is 3.44. The first-order valence-corrected chi connectivity index (χ1v) is 9.31. The zero-order valence-electron chi connectivity index (χ0n) is 13.7. The molecule has 1 N–H and O–H groups in total. The summed E-state index contributed by atoms with van der Waals surface area (Å²) in [6.07, 6.45) is 2.98. The van der Waals surface area contributed by atoms with Gasteiger partial charge in [-0.25, -0.2) is 13.2 Å². The molecule has 1 atom stereocenters. The molecule has 2 aliphatic rings. The lowest BCUT2D eigenvalue weighted by Gasteiger charge is -2.33. The lowest BCUT2D eigenvalue weighted by molar-refractivity contribution is 0.0596. The van der Waals surface area contributed by atoms with E-state index in [1.54, 1.807) is 12.1 Å². The van der Waals surface area contributed by atoms with Crippen molar-refractivity contribution in [3.8, 4) is 0 Å². The van der Waals surface area contributed by atoms with Crippen LogP contribution in [0.1, 0.15) is 29.6 Å². The maximum Gasteiger partial charge on any atom is 0.339 e. The van der Waals surface area contributed by atoms with Crippen molar-refractivity contribution in [2.75, 3.05) is 33.3 Å². The highest BCUT2D eigenvalue weighted by Gasteiger charge is 2.44. The highest BCUT2D eigenvalue weighted by molar-refractivity contribution is 7.89. The molecule has 0 radical (unpaired) electrons. The van der Waals surface area contributed by atoms with E-state index < -0.39 is 16.0 Å². The highest BCUT2D eigenvalue weighted by Crippen LogP contribution is 2.39. The van der Waals surface area contributed by atoms with Crippen molar-refractivity contribution in [1.82, 2.24) is 9.62 Å². The molecule has 1 aromatic rings. The van der Waals surface area contributed by atoms with Crippen molar-refractivity contribution in [1.29, 1.82) is 0 Å². The number of carbonyl (C=O) groups is 1. The molecule has 134 valence electrons. The van der Waals surface area contributed by atoms with Crippen LogP contribution < -0.4 is 5.32 Å². The minimum Gasteiger partial charge on any atom is -0.465 e. The van der Waals surface area contributed by atoms with Crippen LogP contribution in [-0.4, -0.2) is 52.0 Å². The van der Waals surface area contributed by atoms with Gasteiger partial charge in [0.05, 0.1) is 17.6 Å². The van der Waals surface area contributed by atoms with Gasteiger partial charge in [0.15, 0.2) is 0 Å². The fourth-order valence-corrected chi connectivity index (χ4v) is 5.32. The molecule has 1 spiro atoms. The van der Waals surface area contributed by atoms with Gasteiger partial charge in [0.1, 0.15) is 0 Å². The Balaban J connectivity index is 0.00000208. The van der Waals surface area contributed by atoms with Crippen molar-refractivity contribution in [2.45, 2.75) is 24.2 Å². The summed E-state index contributed by atoms with van der Waals surface area (Å²) < 4.78 is 32.2. The Labute approximate surface area is 149 Å². The van der Waals surface area contributed by atoms with Crippen LogP contribution in [0.3, 0.4) is 0 Å². The van der Waals surface area contributed by atoms with E-state index in [9.17, 15) is 13.2 Å². The first kappa shape index (κ1) is 19.2. The lowest BCUT2D eigenvalue weighted by atomic mass is 9.80. The molecule has 2 heterocycles. The number of hydrogen-bond donors (Lipinski definition) is 1. The molecule has 0 amide bonds. The molecule has 0 saturated carbocycles. The zero-order valence-corrected chi connectivity index (χ0v) is 15.3. The number of halogens is 1. The van der Waals surface area contributed by atoms with Crippen LogP contribution in [-0.2, 0) is 14.8 Å². The summed E-state index contributed by atoms with van der Waals surface area (Å²) in [6.45, 7) is 2.87. The van der Waals surface area contributed by atoms with Gasteiger partial charge in [-0.1, -0.05) is 12.1 Å². The normalized spacial score (nSPS) is 24.5. The van der Waals surface area contributed by atoms with E-state index in [0.29, 0.717) is 13.1 Å². The van der Waals surface area contributed by atoms with Gasteiger partial charge in [-0.2, -0.15) is 4.31 Å². The minimum absolute atomic E-state index is 0. The van der Waals surface area contributed by atoms with Gasteiger partial charge in [0, 0.05) is 19.6 Å². The molecule has 0 aliphatic carbocycles. The molecule has 2 fully saturated rings. The number of esters is 1. The van der Waals surface area contributed by atoms with Crippen LogP contribution in [0.15, 0.2) is 29.2 Å². The Kier molecular flexibility index (Phi) is 5.91. The second-order valence-electron chi connectivity index (χ2n) is 6.36. The molecule has 2 saturated heterocycles. The van der Waals surface area contributed by atoms with E-state index in [1.165, 1.54) is 23.5 Å². The summed E-state index contributed by atoms with van der Waals surface area (Å²) in [5.41, 5.74) is 0.128. The monoisotopic (exact) mass is 374 g/mol. The van der Waals surface area contributed by atoms with E-state index >= 15 is 0 Å². The van der Waals surface area contributed by atoms with Crippen molar-refractivity contribution in [2.24, 2.45) is 5.41 Å². The molecule has 3 rings (SSSR count). The Hall–Kier alpha value is -1.15. The number of carbonyl (C=O) groups excluding carboxylic acids is 1. The minimum atomic E-state index is -3.70. The smallest absolute Gasteiger partial charge is 0.339 e.